The predicted molar refractivity (Wildman–Crippen MR) is 144 cm³/mol. The smallest absolute Gasteiger partial charge is 0.266 e. The number of benzene rings is 4. The fourth-order valence-electron chi connectivity index (χ4n) is 4.38. The van der Waals surface area contributed by atoms with Crippen LogP contribution in [0, 0.1) is 0 Å². The number of carbonyl (C=O) groups excluding carboxylic acids is 2. The number of amides is 2. The first kappa shape index (κ1) is 24.5. The Hall–Kier alpha value is -4.22. The molecule has 2 amide bonds. The van der Waals surface area contributed by atoms with Gasteiger partial charge in [0, 0.05) is 0 Å². The number of anilines is 1. The molecule has 5 heteroatoms. The summed E-state index contributed by atoms with van der Waals surface area (Å²) in [5.74, 6) is -0.0582. The fourth-order valence-corrected chi connectivity index (χ4v) is 4.38. The van der Waals surface area contributed by atoms with Gasteiger partial charge >= 0.3 is 0 Å². The molecule has 0 aromatic heterocycles. The summed E-state index contributed by atoms with van der Waals surface area (Å²) in [5.41, 5.74) is 5.64. The molecule has 5 rings (SSSR count). The Kier molecular flexibility index (Phi) is 6.64. The van der Waals surface area contributed by atoms with Crippen molar-refractivity contribution in [1.29, 1.82) is 0 Å². The van der Waals surface area contributed by atoms with E-state index >= 15 is 0 Å². The van der Waals surface area contributed by atoms with Crippen LogP contribution in [0.2, 0.25) is 0 Å². The molecule has 37 heavy (non-hydrogen) atoms. The molecule has 186 valence electrons. The van der Waals surface area contributed by atoms with Crippen molar-refractivity contribution in [1.82, 2.24) is 0 Å². The van der Waals surface area contributed by atoms with Gasteiger partial charge in [-0.1, -0.05) is 81.4 Å². The van der Waals surface area contributed by atoms with Crippen molar-refractivity contribution < 1.29 is 19.4 Å². The van der Waals surface area contributed by atoms with Crippen molar-refractivity contribution in [3.8, 4) is 5.75 Å². The molecule has 1 heterocycles. The molecule has 5 nitrogen and oxygen atoms in total. The van der Waals surface area contributed by atoms with Crippen molar-refractivity contribution in [3.63, 3.8) is 0 Å². The van der Waals surface area contributed by atoms with Gasteiger partial charge in [0.2, 0.25) is 0 Å². The highest BCUT2D eigenvalue weighted by atomic mass is 17.2. The summed E-state index contributed by atoms with van der Waals surface area (Å²) in [6.45, 7) is 6.61. The van der Waals surface area contributed by atoms with Crippen LogP contribution in [0.3, 0.4) is 0 Å². The summed E-state index contributed by atoms with van der Waals surface area (Å²) in [7, 11) is 0. The highest BCUT2D eigenvalue weighted by molar-refractivity contribution is 6.34. The van der Waals surface area contributed by atoms with E-state index in [9.17, 15) is 9.59 Å². The predicted octanol–water partition coefficient (Wildman–Crippen LogP) is 6.89. The molecular weight excluding hydrogens is 462 g/mol. The van der Waals surface area contributed by atoms with Crippen molar-refractivity contribution in [2.24, 2.45) is 0 Å². The first-order chi connectivity index (χ1) is 17.8. The molecule has 0 atom stereocenters. The van der Waals surface area contributed by atoms with E-state index in [4.69, 9.17) is 9.78 Å². The van der Waals surface area contributed by atoms with Crippen LogP contribution in [0.25, 0.3) is 0 Å². The Labute approximate surface area is 217 Å². The Morgan fingerprint density at radius 3 is 1.97 bits per heavy atom. The SMILES string of the molecule is CC(C)(C)c1ccc(OOCc2ccc3c(c2)C(=O)N(c2ccc(Cc4ccccc4)cc2)C3=O)cc1. The molecule has 0 bridgehead atoms. The zero-order valence-corrected chi connectivity index (χ0v) is 21.2. The molecule has 1 aliphatic heterocycles. The highest BCUT2D eigenvalue weighted by Gasteiger charge is 2.36. The first-order valence-electron chi connectivity index (χ1n) is 12.3. The third-order valence-electron chi connectivity index (χ3n) is 6.50. The Morgan fingerprint density at radius 2 is 1.30 bits per heavy atom. The van der Waals surface area contributed by atoms with Crippen LogP contribution >= 0.6 is 0 Å². The molecule has 0 saturated heterocycles. The zero-order valence-electron chi connectivity index (χ0n) is 21.2. The minimum Gasteiger partial charge on any atom is -0.337 e. The average molecular weight is 492 g/mol. The van der Waals surface area contributed by atoms with Gasteiger partial charge in [-0.3, -0.25) is 9.59 Å². The van der Waals surface area contributed by atoms with Gasteiger partial charge in [0.1, 0.15) is 6.61 Å². The van der Waals surface area contributed by atoms with Crippen LogP contribution in [0.1, 0.15) is 63.7 Å². The highest BCUT2D eigenvalue weighted by Crippen LogP contribution is 2.30. The average Bonchev–Trinajstić information content (AvgIpc) is 3.14. The van der Waals surface area contributed by atoms with Crippen LogP contribution in [0.4, 0.5) is 5.69 Å². The lowest BCUT2D eigenvalue weighted by Gasteiger charge is -2.18. The van der Waals surface area contributed by atoms with E-state index < -0.39 is 0 Å². The Balaban J connectivity index is 1.23. The third-order valence-corrected chi connectivity index (χ3v) is 6.50. The van der Waals surface area contributed by atoms with Gasteiger partial charge in [0.15, 0.2) is 5.75 Å². The van der Waals surface area contributed by atoms with Gasteiger partial charge < -0.3 is 4.89 Å². The second kappa shape index (κ2) is 10.0. The molecule has 0 N–H and O–H groups in total. The molecule has 4 aromatic carbocycles. The van der Waals surface area contributed by atoms with Crippen molar-refractivity contribution in [3.05, 3.63) is 130 Å². The van der Waals surface area contributed by atoms with Crippen LogP contribution < -0.4 is 9.79 Å². The van der Waals surface area contributed by atoms with E-state index in [1.54, 1.807) is 18.2 Å². The Bertz CT molecular complexity index is 1420. The molecule has 1 aliphatic rings. The number of imide groups is 1. The minimum atomic E-state index is -0.337. The fraction of sp³-hybridized carbons (Fsp3) is 0.188. The number of hydrogen-bond donors (Lipinski definition) is 0. The second-order valence-electron chi connectivity index (χ2n) is 10.3. The molecule has 0 spiro atoms. The molecule has 0 fully saturated rings. The van der Waals surface area contributed by atoms with Crippen LogP contribution in [0.5, 0.6) is 5.75 Å². The van der Waals surface area contributed by atoms with E-state index in [2.05, 4.69) is 32.9 Å². The van der Waals surface area contributed by atoms with E-state index in [0.717, 1.165) is 17.5 Å². The van der Waals surface area contributed by atoms with Crippen molar-refractivity contribution in [2.75, 3.05) is 4.90 Å². The summed E-state index contributed by atoms with van der Waals surface area (Å²) in [5, 5.41) is 0. The quantitative estimate of drug-likeness (QED) is 0.161. The van der Waals surface area contributed by atoms with Gasteiger partial charge in [-0.2, -0.15) is 4.89 Å². The third kappa shape index (κ3) is 5.32. The molecule has 0 radical (unpaired) electrons. The van der Waals surface area contributed by atoms with Gasteiger partial charge in [-0.25, -0.2) is 4.90 Å². The van der Waals surface area contributed by atoms with Gasteiger partial charge in [0.25, 0.3) is 11.8 Å². The molecule has 0 saturated carbocycles. The number of hydrogen-bond acceptors (Lipinski definition) is 4. The van der Waals surface area contributed by atoms with E-state index in [1.807, 2.05) is 66.7 Å². The lowest BCUT2D eigenvalue weighted by atomic mass is 9.87. The van der Waals surface area contributed by atoms with E-state index in [1.165, 1.54) is 16.0 Å². The summed E-state index contributed by atoms with van der Waals surface area (Å²) in [4.78, 5) is 38.3. The number of nitrogens with zero attached hydrogens (tertiary/aromatic N) is 1. The largest absolute Gasteiger partial charge is 0.337 e. The maximum atomic E-state index is 13.2. The minimum absolute atomic E-state index is 0.0614. The number of carbonyl (C=O) groups is 2. The maximum absolute atomic E-state index is 13.2. The lowest BCUT2D eigenvalue weighted by molar-refractivity contribution is -0.217. The van der Waals surface area contributed by atoms with Crippen LogP contribution in [-0.4, -0.2) is 11.8 Å². The second-order valence-corrected chi connectivity index (χ2v) is 10.3. The standard InChI is InChI=1S/C32H29NO4/c1-32(2,3)25-12-16-27(17-13-25)37-36-21-24-11-18-28-29(20-24)31(35)33(30(28)34)26-14-9-23(10-15-26)19-22-7-5-4-6-8-22/h4-18,20H,19,21H2,1-3H3. The number of fused-ring (bicyclic) bond motifs is 1. The van der Waals surface area contributed by atoms with Crippen LogP contribution in [-0.2, 0) is 23.3 Å². The summed E-state index contributed by atoms with van der Waals surface area (Å²) in [6, 6.07) is 30.6. The van der Waals surface area contributed by atoms with E-state index in [0.29, 0.717) is 22.6 Å². The van der Waals surface area contributed by atoms with Gasteiger partial charge in [-0.15, -0.1) is 0 Å². The van der Waals surface area contributed by atoms with Gasteiger partial charge in [-0.05, 0) is 70.5 Å². The van der Waals surface area contributed by atoms with Crippen molar-refractivity contribution in [2.45, 2.75) is 39.2 Å². The topological polar surface area (TPSA) is 55.8 Å². The molecule has 4 aromatic rings. The maximum Gasteiger partial charge on any atom is 0.266 e. The first-order valence-corrected chi connectivity index (χ1v) is 12.3. The molecule has 0 unspecified atom stereocenters. The van der Waals surface area contributed by atoms with Crippen LogP contribution in [0.15, 0.2) is 97.1 Å². The zero-order chi connectivity index (χ0) is 26.0. The summed E-state index contributed by atoms with van der Waals surface area (Å²) < 4.78 is 0. The van der Waals surface area contributed by atoms with Gasteiger partial charge in [0.05, 0.1) is 16.8 Å². The van der Waals surface area contributed by atoms with Crippen molar-refractivity contribution >= 4 is 17.5 Å². The molecule has 0 aliphatic carbocycles. The Morgan fingerprint density at radius 1 is 0.676 bits per heavy atom. The molecular formula is C32H29NO4. The normalized spacial score (nSPS) is 13.1. The monoisotopic (exact) mass is 491 g/mol. The summed E-state index contributed by atoms with van der Waals surface area (Å²) in [6.07, 6.45) is 0.787. The lowest BCUT2D eigenvalue weighted by Crippen LogP contribution is -2.29. The summed E-state index contributed by atoms with van der Waals surface area (Å²) >= 11 is 0. The number of rotatable bonds is 7. The van der Waals surface area contributed by atoms with E-state index in [-0.39, 0.29) is 23.8 Å².